The van der Waals surface area contributed by atoms with Gasteiger partial charge in [-0.1, -0.05) is 36.4 Å². The standard InChI is InChI=1S/C22H21N3O4/c1-28-19-12-5-3-8-15(19)14-23-21(26)17-10-7-11-18(24-17)22(27)25-16-9-4-6-13-20(16)29-2/h3-13H,14H2,1-2H3,(H,23,26)(H,25,27). The Kier molecular flexibility index (Phi) is 6.42. The highest BCUT2D eigenvalue weighted by Crippen LogP contribution is 2.23. The van der Waals surface area contributed by atoms with Crippen LogP contribution in [-0.2, 0) is 6.54 Å². The lowest BCUT2D eigenvalue weighted by Crippen LogP contribution is -2.25. The third-order valence-electron chi connectivity index (χ3n) is 4.20. The normalized spacial score (nSPS) is 10.1. The number of carbonyl (C=O) groups excluding carboxylic acids is 2. The Bertz CT molecular complexity index is 1020. The maximum atomic E-state index is 12.5. The van der Waals surface area contributed by atoms with Gasteiger partial charge in [-0.2, -0.15) is 0 Å². The van der Waals surface area contributed by atoms with E-state index >= 15 is 0 Å². The fraction of sp³-hybridized carbons (Fsp3) is 0.136. The first-order valence-electron chi connectivity index (χ1n) is 8.94. The number of nitrogens with one attached hydrogen (secondary N) is 2. The number of nitrogens with zero attached hydrogens (tertiary/aromatic N) is 1. The molecule has 3 aromatic rings. The van der Waals surface area contributed by atoms with Gasteiger partial charge in [-0.15, -0.1) is 0 Å². The largest absolute Gasteiger partial charge is 0.496 e. The lowest BCUT2D eigenvalue weighted by Gasteiger charge is -2.11. The summed E-state index contributed by atoms with van der Waals surface area (Å²) in [7, 11) is 3.10. The smallest absolute Gasteiger partial charge is 0.274 e. The van der Waals surface area contributed by atoms with Crippen molar-refractivity contribution in [2.75, 3.05) is 19.5 Å². The van der Waals surface area contributed by atoms with Crippen LogP contribution < -0.4 is 20.1 Å². The van der Waals surface area contributed by atoms with Crippen molar-refractivity contribution in [2.24, 2.45) is 0 Å². The second-order valence-corrected chi connectivity index (χ2v) is 6.06. The van der Waals surface area contributed by atoms with Gasteiger partial charge >= 0.3 is 0 Å². The summed E-state index contributed by atoms with van der Waals surface area (Å²) in [5, 5.41) is 5.53. The third kappa shape index (κ3) is 4.90. The van der Waals surface area contributed by atoms with Crippen molar-refractivity contribution >= 4 is 17.5 Å². The van der Waals surface area contributed by atoms with Crippen LogP contribution in [0.5, 0.6) is 11.5 Å². The van der Waals surface area contributed by atoms with Crippen molar-refractivity contribution in [2.45, 2.75) is 6.54 Å². The van der Waals surface area contributed by atoms with Crippen molar-refractivity contribution < 1.29 is 19.1 Å². The molecule has 2 aromatic carbocycles. The molecule has 148 valence electrons. The van der Waals surface area contributed by atoms with E-state index in [0.717, 1.165) is 5.56 Å². The molecule has 0 bridgehead atoms. The van der Waals surface area contributed by atoms with E-state index in [2.05, 4.69) is 15.6 Å². The molecule has 29 heavy (non-hydrogen) atoms. The second-order valence-electron chi connectivity index (χ2n) is 6.06. The Hall–Kier alpha value is -3.87. The number of hydrogen-bond acceptors (Lipinski definition) is 5. The average Bonchev–Trinajstić information content (AvgIpc) is 2.78. The fourth-order valence-electron chi connectivity index (χ4n) is 2.74. The molecule has 0 saturated carbocycles. The van der Waals surface area contributed by atoms with Crippen LogP contribution in [0.15, 0.2) is 66.7 Å². The molecule has 1 heterocycles. The first kappa shape index (κ1) is 19.9. The zero-order valence-corrected chi connectivity index (χ0v) is 16.1. The number of para-hydroxylation sites is 3. The van der Waals surface area contributed by atoms with Gasteiger partial charge < -0.3 is 20.1 Å². The van der Waals surface area contributed by atoms with E-state index in [4.69, 9.17) is 9.47 Å². The summed E-state index contributed by atoms with van der Waals surface area (Å²) in [6.45, 7) is 0.280. The van der Waals surface area contributed by atoms with Crippen LogP contribution >= 0.6 is 0 Å². The number of aromatic nitrogens is 1. The second kappa shape index (κ2) is 9.36. The Balaban J connectivity index is 1.70. The molecule has 7 nitrogen and oxygen atoms in total. The predicted octanol–water partition coefficient (Wildman–Crippen LogP) is 3.28. The minimum Gasteiger partial charge on any atom is -0.496 e. The minimum absolute atomic E-state index is 0.126. The summed E-state index contributed by atoms with van der Waals surface area (Å²) in [5.74, 6) is 0.397. The summed E-state index contributed by atoms with van der Waals surface area (Å²) in [6.07, 6.45) is 0. The molecule has 0 unspecified atom stereocenters. The van der Waals surface area contributed by atoms with Crippen molar-refractivity contribution in [3.05, 3.63) is 83.7 Å². The Labute approximate surface area is 168 Å². The number of carbonyl (C=O) groups is 2. The molecule has 3 rings (SSSR count). The Morgan fingerprint density at radius 2 is 1.41 bits per heavy atom. The van der Waals surface area contributed by atoms with Crippen LogP contribution in [0.4, 0.5) is 5.69 Å². The van der Waals surface area contributed by atoms with Crippen LogP contribution in [0.3, 0.4) is 0 Å². The maximum Gasteiger partial charge on any atom is 0.274 e. The van der Waals surface area contributed by atoms with E-state index in [1.54, 1.807) is 49.6 Å². The number of amides is 2. The molecule has 2 amide bonds. The van der Waals surface area contributed by atoms with Gasteiger partial charge in [-0.3, -0.25) is 9.59 Å². The Morgan fingerprint density at radius 3 is 2.14 bits per heavy atom. The summed E-state index contributed by atoms with van der Waals surface area (Å²) in [5.41, 5.74) is 1.63. The van der Waals surface area contributed by atoms with E-state index < -0.39 is 5.91 Å². The van der Waals surface area contributed by atoms with Gasteiger partial charge in [0.1, 0.15) is 22.9 Å². The van der Waals surface area contributed by atoms with Gasteiger partial charge in [0, 0.05) is 12.1 Å². The molecule has 0 aliphatic carbocycles. The van der Waals surface area contributed by atoms with E-state index in [0.29, 0.717) is 17.2 Å². The van der Waals surface area contributed by atoms with E-state index in [1.165, 1.54) is 7.11 Å². The van der Waals surface area contributed by atoms with E-state index in [-0.39, 0.29) is 23.8 Å². The number of rotatable bonds is 7. The fourth-order valence-corrected chi connectivity index (χ4v) is 2.74. The molecule has 1 aromatic heterocycles. The van der Waals surface area contributed by atoms with Crippen LogP contribution in [0.2, 0.25) is 0 Å². The molecule has 0 spiro atoms. The van der Waals surface area contributed by atoms with Crippen LogP contribution in [0.25, 0.3) is 0 Å². The lowest BCUT2D eigenvalue weighted by molar-refractivity contribution is 0.0945. The molecule has 0 atom stereocenters. The summed E-state index contributed by atoms with van der Waals surface area (Å²) >= 11 is 0. The number of hydrogen-bond donors (Lipinski definition) is 2. The van der Waals surface area contributed by atoms with Gasteiger partial charge in [-0.05, 0) is 30.3 Å². The molecule has 0 aliphatic heterocycles. The molecular weight excluding hydrogens is 370 g/mol. The summed E-state index contributed by atoms with van der Waals surface area (Å²) < 4.78 is 10.5. The number of ether oxygens (including phenoxy) is 2. The predicted molar refractivity (Wildman–Crippen MR) is 109 cm³/mol. The average molecular weight is 391 g/mol. The number of pyridine rings is 1. The molecule has 2 N–H and O–H groups in total. The highest BCUT2D eigenvalue weighted by atomic mass is 16.5. The maximum absolute atomic E-state index is 12.5. The van der Waals surface area contributed by atoms with E-state index in [1.807, 2.05) is 24.3 Å². The molecule has 0 fully saturated rings. The summed E-state index contributed by atoms with van der Waals surface area (Å²) in [4.78, 5) is 29.2. The number of anilines is 1. The molecule has 7 heteroatoms. The highest BCUT2D eigenvalue weighted by molar-refractivity contribution is 6.04. The topological polar surface area (TPSA) is 89.5 Å². The van der Waals surface area contributed by atoms with Gasteiger partial charge in [0.2, 0.25) is 0 Å². The van der Waals surface area contributed by atoms with Gasteiger partial charge in [0.25, 0.3) is 11.8 Å². The van der Waals surface area contributed by atoms with Crippen molar-refractivity contribution in [1.29, 1.82) is 0 Å². The van der Waals surface area contributed by atoms with Crippen LogP contribution in [0, 0.1) is 0 Å². The third-order valence-corrected chi connectivity index (χ3v) is 4.20. The quantitative estimate of drug-likeness (QED) is 0.645. The number of benzene rings is 2. The molecule has 0 radical (unpaired) electrons. The number of methoxy groups -OCH3 is 2. The van der Waals surface area contributed by atoms with E-state index in [9.17, 15) is 9.59 Å². The van der Waals surface area contributed by atoms with Gasteiger partial charge in [0.05, 0.1) is 19.9 Å². The highest BCUT2D eigenvalue weighted by Gasteiger charge is 2.14. The minimum atomic E-state index is -0.436. The van der Waals surface area contributed by atoms with Crippen molar-refractivity contribution in [3.63, 3.8) is 0 Å². The monoisotopic (exact) mass is 391 g/mol. The SMILES string of the molecule is COc1ccccc1CNC(=O)c1cccc(C(=O)Nc2ccccc2OC)n1. The molecular formula is C22H21N3O4. The Morgan fingerprint density at radius 1 is 0.793 bits per heavy atom. The zero-order chi connectivity index (χ0) is 20.6. The molecule has 0 aliphatic rings. The van der Waals surface area contributed by atoms with Crippen molar-refractivity contribution in [1.82, 2.24) is 10.3 Å². The van der Waals surface area contributed by atoms with Crippen LogP contribution in [0.1, 0.15) is 26.5 Å². The van der Waals surface area contributed by atoms with Gasteiger partial charge in [-0.25, -0.2) is 4.98 Å². The first-order valence-corrected chi connectivity index (χ1v) is 8.94. The van der Waals surface area contributed by atoms with Crippen LogP contribution in [-0.4, -0.2) is 31.0 Å². The zero-order valence-electron chi connectivity index (χ0n) is 16.1. The molecule has 0 saturated heterocycles. The van der Waals surface area contributed by atoms with Gasteiger partial charge in [0.15, 0.2) is 0 Å². The van der Waals surface area contributed by atoms with Crippen molar-refractivity contribution in [3.8, 4) is 11.5 Å². The summed E-state index contributed by atoms with van der Waals surface area (Å²) in [6, 6.07) is 19.2. The first-order chi connectivity index (χ1) is 14.1. The lowest BCUT2D eigenvalue weighted by atomic mass is 10.2.